The molecule has 4 rings (SSSR count). The molecule has 32 heavy (non-hydrogen) atoms. The second-order valence-corrected chi connectivity index (χ2v) is 7.45. The van der Waals surface area contributed by atoms with E-state index in [9.17, 15) is 9.59 Å². The van der Waals surface area contributed by atoms with Crippen molar-refractivity contribution in [3.63, 3.8) is 0 Å². The monoisotopic (exact) mass is 423 g/mol. The number of aryl methyl sites for hydroxylation is 2. The molecule has 4 aromatic rings. The fourth-order valence-electron chi connectivity index (χ4n) is 3.57. The van der Waals surface area contributed by atoms with Crippen LogP contribution in [0.2, 0.25) is 0 Å². The third kappa shape index (κ3) is 4.68. The van der Waals surface area contributed by atoms with E-state index < -0.39 is 6.09 Å². The zero-order valence-electron chi connectivity index (χ0n) is 17.5. The molecule has 1 aromatic heterocycles. The van der Waals surface area contributed by atoms with E-state index in [1.807, 2.05) is 48.0 Å². The standard InChI is InChI=1S/C26H21N3O3/c1-29-17-23(25(30)14-11-18-7-9-19(16-27)10-8-18)22-15-21(12-13-24(22)29)32-26(31)28-20-5-3-2-4-6-20/h2-10,12-13,15,17H,11,14H2,1H3,(H,28,31). The number of benzene rings is 3. The molecule has 1 N–H and O–H groups in total. The van der Waals surface area contributed by atoms with E-state index in [-0.39, 0.29) is 5.78 Å². The quantitative estimate of drug-likeness (QED) is 0.417. The third-order valence-corrected chi connectivity index (χ3v) is 5.22. The number of amides is 1. The highest BCUT2D eigenvalue weighted by molar-refractivity contribution is 6.08. The van der Waals surface area contributed by atoms with Gasteiger partial charge in [0.1, 0.15) is 5.75 Å². The Labute approximate surface area is 185 Å². The molecular weight excluding hydrogens is 402 g/mol. The van der Waals surface area contributed by atoms with Crippen molar-refractivity contribution < 1.29 is 14.3 Å². The van der Waals surface area contributed by atoms with Gasteiger partial charge < -0.3 is 9.30 Å². The van der Waals surface area contributed by atoms with Crippen LogP contribution >= 0.6 is 0 Å². The van der Waals surface area contributed by atoms with Gasteiger partial charge in [-0.15, -0.1) is 0 Å². The minimum atomic E-state index is -0.597. The van der Waals surface area contributed by atoms with Crippen molar-refractivity contribution in [2.24, 2.45) is 7.05 Å². The van der Waals surface area contributed by atoms with Crippen LogP contribution in [-0.4, -0.2) is 16.4 Å². The Balaban J connectivity index is 1.49. The van der Waals surface area contributed by atoms with Gasteiger partial charge in [0.05, 0.1) is 11.6 Å². The first-order valence-corrected chi connectivity index (χ1v) is 10.2. The van der Waals surface area contributed by atoms with Gasteiger partial charge in [0, 0.05) is 41.8 Å². The number of aromatic nitrogens is 1. The minimum absolute atomic E-state index is 0.00541. The molecule has 0 saturated heterocycles. The summed E-state index contributed by atoms with van der Waals surface area (Å²) in [6.07, 6.45) is 2.13. The molecule has 0 spiro atoms. The summed E-state index contributed by atoms with van der Waals surface area (Å²) in [4.78, 5) is 25.2. The molecule has 0 unspecified atom stereocenters. The number of carbonyl (C=O) groups is 2. The smallest absolute Gasteiger partial charge is 0.410 e. The van der Waals surface area contributed by atoms with Crippen LogP contribution in [0.15, 0.2) is 79.0 Å². The maximum absolute atomic E-state index is 13.0. The molecule has 0 radical (unpaired) electrons. The second-order valence-electron chi connectivity index (χ2n) is 7.45. The van der Waals surface area contributed by atoms with E-state index in [1.165, 1.54) is 0 Å². The van der Waals surface area contributed by atoms with Crippen LogP contribution in [0.5, 0.6) is 5.75 Å². The van der Waals surface area contributed by atoms with Crippen molar-refractivity contribution in [1.82, 2.24) is 4.57 Å². The Hall–Kier alpha value is -4.37. The molecule has 1 amide bonds. The van der Waals surface area contributed by atoms with Crippen LogP contribution in [0.4, 0.5) is 10.5 Å². The highest BCUT2D eigenvalue weighted by Crippen LogP contribution is 2.27. The molecule has 158 valence electrons. The fraction of sp³-hybridized carbons (Fsp3) is 0.115. The first-order chi connectivity index (χ1) is 15.5. The highest BCUT2D eigenvalue weighted by atomic mass is 16.6. The normalized spacial score (nSPS) is 10.5. The summed E-state index contributed by atoms with van der Waals surface area (Å²) in [7, 11) is 1.88. The summed E-state index contributed by atoms with van der Waals surface area (Å²) in [5.41, 5.74) is 3.70. The van der Waals surface area contributed by atoms with Crippen LogP contribution < -0.4 is 10.1 Å². The van der Waals surface area contributed by atoms with Crippen LogP contribution in [-0.2, 0) is 13.5 Å². The molecule has 0 fully saturated rings. The van der Waals surface area contributed by atoms with Crippen molar-refractivity contribution in [2.75, 3.05) is 5.32 Å². The van der Waals surface area contributed by atoms with E-state index in [1.54, 1.807) is 42.6 Å². The predicted molar refractivity (Wildman–Crippen MR) is 123 cm³/mol. The second kappa shape index (κ2) is 9.19. The van der Waals surface area contributed by atoms with Gasteiger partial charge in [-0.25, -0.2) is 4.79 Å². The number of para-hydroxylation sites is 1. The number of nitriles is 1. The van der Waals surface area contributed by atoms with E-state index in [4.69, 9.17) is 10.00 Å². The van der Waals surface area contributed by atoms with Gasteiger partial charge in [0.15, 0.2) is 5.78 Å². The van der Waals surface area contributed by atoms with E-state index >= 15 is 0 Å². The Kier molecular flexibility index (Phi) is 6.00. The van der Waals surface area contributed by atoms with Gasteiger partial charge in [-0.05, 0) is 54.4 Å². The summed E-state index contributed by atoms with van der Waals surface area (Å²) in [5, 5.41) is 12.3. The number of ketones is 1. The summed E-state index contributed by atoms with van der Waals surface area (Å²) in [5.74, 6) is 0.365. The Morgan fingerprint density at radius 2 is 1.78 bits per heavy atom. The lowest BCUT2D eigenvalue weighted by Gasteiger charge is -2.07. The molecular formula is C26H21N3O3. The first-order valence-electron chi connectivity index (χ1n) is 10.2. The predicted octanol–water partition coefficient (Wildman–Crippen LogP) is 5.48. The average molecular weight is 423 g/mol. The number of ether oxygens (including phenoxy) is 1. The maximum Gasteiger partial charge on any atom is 0.417 e. The van der Waals surface area contributed by atoms with Crippen molar-refractivity contribution in [3.8, 4) is 11.8 Å². The first kappa shape index (κ1) is 20.9. The molecule has 0 atom stereocenters. The van der Waals surface area contributed by atoms with Crippen LogP contribution in [0.25, 0.3) is 10.9 Å². The highest BCUT2D eigenvalue weighted by Gasteiger charge is 2.16. The number of rotatable bonds is 6. The Bertz CT molecular complexity index is 1320. The fourth-order valence-corrected chi connectivity index (χ4v) is 3.57. The number of nitrogens with zero attached hydrogens (tertiary/aromatic N) is 2. The van der Waals surface area contributed by atoms with Crippen molar-refractivity contribution in [1.29, 1.82) is 5.26 Å². The maximum atomic E-state index is 13.0. The average Bonchev–Trinajstić information content (AvgIpc) is 3.14. The summed E-state index contributed by atoms with van der Waals surface area (Å²) in [6, 6.07) is 23.6. The van der Waals surface area contributed by atoms with E-state index in [0.717, 1.165) is 16.5 Å². The lowest BCUT2D eigenvalue weighted by molar-refractivity contribution is 0.0984. The number of Topliss-reactive ketones (excluding diaryl/α,β-unsaturated/α-hetero) is 1. The van der Waals surface area contributed by atoms with Gasteiger partial charge in [0.2, 0.25) is 0 Å². The Morgan fingerprint density at radius 3 is 2.50 bits per heavy atom. The van der Waals surface area contributed by atoms with Gasteiger partial charge in [-0.2, -0.15) is 5.26 Å². The molecule has 0 aliphatic heterocycles. The van der Waals surface area contributed by atoms with E-state index in [0.29, 0.717) is 35.4 Å². The van der Waals surface area contributed by atoms with Gasteiger partial charge in [-0.3, -0.25) is 10.1 Å². The van der Waals surface area contributed by atoms with Gasteiger partial charge in [-0.1, -0.05) is 30.3 Å². The largest absolute Gasteiger partial charge is 0.417 e. The number of hydrogen-bond donors (Lipinski definition) is 1. The number of hydrogen-bond acceptors (Lipinski definition) is 4. The van der Waals surface area contributed by atoms with Crippen molar-refractivity contribution >= 4 is 28.5 Å². The summed E-state index contributed by atoms with van der Waals surface area (Å²) < 4.78 is 7.31. The molecule has 3 aromatic carbocycles. The summed E-state index contributed by atoms with van der Waals surface area (Å²) >= 11 is 0. The zero-order valence-corrected chi connectivity index (χ0v) is 17.5. The Morgan fingerprint density at radius 1 is 1.03 bits per heavy atom. The molecule has 0 bridgehead atoms. The van der Waals surface area contributed by atoms with E-state index in [2.05, 4.69) is 11.4 Å². The molecule has 0 aliphatic carbocycles. The lowest BCUT2D eigenvalue weighted by atomic mass is 10.0. The summed E-state index contributed by atoms with van der Waals surface area (Å²) in [6.45, 7) is 0. The minimum Gasteiger partial charge on any atom is -0.410 e. The molecule has 6 heteroatoms. The molecule has 0 aliphatic rings. The molecule has 1 heterocycles. The number of fused-ring (bicyclic) bond motifs is 1. The third-order valence-electron chi connectivity index (χ3n) is 5.22. The molecule has 0 saturated carbocycles. The van der Waals surface area contributed by atoms with Crippen LogP contribution in [0.3, 0.4) is 0 Å². The SMILES string of the molecule is Cn1cc(C(=O)CCc2ccc(C#N)cc2)c2cc(OC(=O)Nc3ccccc3)ccc21. The number of anilines is 1. The van der Waals surface area contributed by atoms with Crippen LogP contribution in [0.1, 0.15) is 27.9 Å². The van der Waals surface area contributed by atoms with Crippen molar-refractivity contribution in [3.05, 3.63) is 95.7 Å². The van der Waals surface area contributed by atoms with Crippen LogP contribution in [0, 0.1) is 11.3 Å². The zero-order chi connectivity index (χ0) is 22.5. The van der Waals surface area contributed by atoms with Gasteiger partial charge in [0.25, 0.3) is 0 Å². The van der Waals surface area contributed by atoms with Gasteiger partial charge >= 0.3 is 6.09 Å². The number of nitrogens with one attached hydrogen (secondary N) is 1. The number of carbonyl (C=O) groups excluding carboxylic acids is 2. The topological polar surface area (TPSA) is 84.1 Å². The van der Waals surface area contributed by atoms with Crippen molar-refractivity contribution in [2.45, 2.75) is 12.8 Å². The molecule has 6 nitrogen and oxygen atoms in total. The lowest BCUT2D eigenvalue weighted by Crippen LogP contribution is -2.16.